The van der Waals surface area contributed by atoms with Gasteiger partial charge in [-0.15, -0.1) is 0 Å². The van der Waals surface area contributed by atoms with E-state index in [0.29, 0.717) is 17.7 Å². The van der Waals surface area contributed by atoms with Crippen LogP contribution in [0, 0.1) is 0 Å². The van der Waals surface area contributed by atoms with Crippen molar-refractivity contribution in [1.29, 1.82) is 0 Å². The SMILES string of the molecule is CCCCCCOC(=O)C(C)(C)NP(=O)(CO[C@@H](C)Cn1cnc2c(N)ncnc21)N[C@H](C)C(=O)OC(C)C. The van der Waals surface area contributed by atoms with E-state index in [4.69, 9.17) is 19.9 Å². The van der Waals surface area contributed by atoms with Gasteiger partial charge in [-0.05, 0) is 48.0 Å². The molecule has 0 bridgehead atoms. The average molecular weight is 570 g/mol. The van der Waals surface area contributed by atoms with Crippen molar-refractivity contribution in [3.8, 4) is 0 Å². The second-order valence-electron chi connectivity index (χ2n) is 10.4. The van der Waals surface area contributed by atoms with Crippen molar-refractivity contribution in [2.45, 2.75) is 104 Å². The maximum atomic E-state index is 14.1. The molecule has 0 fully saturated rings. The number of hydrogen-bond acceptors (Lipinski definition) is 10. The molecule has 0 spiro atoms. The Balaban J connectivity index is 2.12. The summed E-state index contributed by atoms with van der Waals surface area (Å²) in [5.41, 5.74) is 5.57. The minimum Gasteiger partial charge on any atom is -0.464 e. The predicted molar refractivity (Wildman–Crippen MR) is 149 cm³/mol. The quantitative estimate of drug-likeness (QED) is 0.144. The maximum absolute atomic E-state index is 14.1. The Hall–Kier alpha value is -2.60. The number of carbonyl (C=O) groups excluding carboxylic acids is 2. The summed E-state index contributed by atoms with van der Waals surface area (Å²) in [6.07, 6.45) is 5.69. The van der Waals surface area contributed by atoms with Crippen LogP contribution in [0.1, 0.15) is 74.1 Å². The van der Waals surface area contributed by atoms with Crippen LogP contribution in [0.4, 0.5) is 5.82 Å². The van der Waals surface area contributed by atoms with Gasteiger partial charge < -0.3 is 24.5 Å². The number of esters is 2. The number of aromatic nitrogens is 4. The molecule has 0 saturated carbocycles. The minimum absolute atomic E-state index is 0.270. The van der Waals surface area contributed by atoms with Crippen LogP contribution < -0.4 is 15.9 Å². The number of rotatable bonds is 17. The number of imidazole rings is 1. The first-order valence-corrected chi connectivity index (χ1v) is 15.2. The summed E-state index contributed by atoms with van der Waals surface area (Å²) in [4.78, 5) is 37.7. The van der Waals surface area contributed by atoms with Gasteiger partial charge in [-0.2, -0.15) is 0 Å². The molecule has 0 amide bonds. The minimum atomic E-state index is -3.69. The average Bonchev–Trinajstić information content (AvgIpc) is 3.25. The van der Waals surface area contributed by atoms with E-state index in [1.165, 1.54) is 6.33 Å². The van der Waals surface area contributed by atoms with Crippen LogP contribution in [-0.2, 0) is 34.9 Å². The Morgan fingerprint density at radius 1 is 1.13 bits per heavy atom. The Morgan fingerprint density at radius 2 is 1.85 bits per heavy atom. The van der Waals surface area contributed by atoms with Crippen molar-refractivity contribution < 1.29 is 28.4 Å². The highest BCUT2D eigenvalue weighted by molar-refractivity contribution is 7.59. The number of unbranched alkanes of at least 4 members (excludes halogenated alkanes) is 3. The van der Waals surface area contributed by atoms with Crippen molar-refractivity contribution in [3.63, 3.8) is 0 Å². The van der Waals surface area contributed by atoms with Crippen molar-refractivity contribution in [2.24, 2.45) is 0 Å². The smallest absolute Gasteiger partial charge is 0.326 e. The van der Waals surface area contributed by atoms with E-state index >= 15 is 0 Å². The first-order valence-electron chi connectivity index (χ1n) is 13.3. The number of fused-ring (bicyclic) bond motifs is 1. The van der Waals surface area contributed by atoms with Crippen LogP contribution >= 0.6 is 7.44 Å². The monoisotopic (exact) mass is 569 g/mol. The molecule has 2 heterocycles. The molecule has 0 aliphatic rings. The molecule has 3 atom stereocenters. The van der Waals surface area contributed by atoms with Crippen LogP contribution in [0.5, 0.6) is 0 Å². The molecule has 14 heteroatoms. The zero-order chi connectivity index (χ0) is 29.2. The lowest BCUT2D eigenvalue weighted by Gasteiger charge is -2.32. The van der Waals surface area contributed by atoms with E-state index < -0.39 is 37.1 Å². The van der Waals surface area contributed by atoms with Crippen LogP contribution in [-0.4, -0.2) is 68.2 Å². The molecule has 39 heavy (non-hydrogen) atoms. The molecule has 0 aliphatic carbocycles. The maximum Gasteiger partial charge on any atom is 0.326 e. The molecule has 1 unspecified atom stereocenters. The summed E-state index contributed by atoms with van der Waals surface area (Å²) >= 11 is 0. The molecule has 0 aliphatic heterocycles. The molecule has 0 saturated heterocycles. The van der Waals surface area contributed by atoms with Crippen LogP contribution in [0.2, 0.25) is 0 Å². The van der Waals surface area contributed by atoms with Gasteiger partial charge in [-0.25, -0.2) is 25.1 Å². The second-order valence-corrected chi connectivity index (χ2v) is 12.7. The first kappa shape index (κ1) is 32.6. The molecule has 0 radical (unpaired) electrons. The number of nitrogens with two attached hydrogens (primary N) is 1. The fourth-order valence-corrected chi connectivity index (χ4v) is 6.16. The van der Waals surface area contributed by atoms with Crippen molar-refractivity contribution in [2.75, 3.05) is 18.7 Å². The fourth-order valence-electron chi connectivity index (χ4n) is 3.77. The predicted octanol–water partition coefficient (Wildman–Crippen LogP) is 3.39. The lowest BCUT2D eigenvalue weighted by molar-refractivity contribution is -0.149. The molecule has 0 aromatic carbocycles. The van der Waals surface area contributed by atoms with Gasteiger partial charge in [0.2, 0.25) is 7.44 Å². The highest BCUT2D eigenvalue weighted by Gasteiger charge is 2.39. The zero-order valence-electron chi connectivity index (χ0n) is 24.1. The number of carbonyl (C=O) groups is 2. The fraction of sp³-hybridized carbons (Fsp3) is 0.720. The van der Waals surface area contributed by atoms with E-state index in [1.807, 2.05) is 0 Å². The molecular formula is C25H44N7O6P. The lowest BCUT2D eigenvalue weighted by atomic mass is 10.1. The highest BCUT2D eigenvalue weighted by atomic mass is 31.2. The van der Waals surface area contributed by atoms with Gasteiger partial charge in [0.1, 0.15) is 29.8 Å². The molecule has 220 valence electrons. The van der Waals surface area contributed by atoms with E-state index in [9.17, 15) is 14.2 Å². The number of anilines is 1. The van der Waals surface area contributed by atoms with Gasteiger partial charge in [-0.1, -0.05) is 26.2 Å². The van der Waals surface area contributed by atoms with Crippen LogP contribution in [0.3, 0.4) is 0 Å². The van der Waals surface area contributed by atoms with E-state index in [2.05, 4.69) is 32.1 Å². The number of nitrogen functional groups attached to an aromatic ring is 1. The summed E-state index contributed by atoms with van der Waals surface area (Å²) in [5, 5.41) is 5.72. The first-order chi connectivity index (χ1) is 18.3. The largest absolute Gasteiger partial charge is 0.464 e. The standard InChI is InChI=1S/C25H44N7O6P/c1-8-9-10-11-12-36-24(34)25(6,7)31-39(35,30-19(5)23(33)38-17(2)3)16-37-18(4)13-32-15-29-20-21(26)27-14-28-22(20)32/h14-15,17-19H,8-13,16H2,1-7H3,(H2,26,27,28)(H2,30,31,35)/t18-,19+,39?/m0/s1. The highest BCUT2D eigenvalue weighted by Crippen LogP contribution is 2.40. The van der Waals surface area contributed by atoms with Crippen LogP contribution in [0.25, 0.3) is 11.2 Å². The van der Waals surface area contributed by atoms with Crippen molar-refractivity contribution in [1.82, 2.24) is 29.7 Å². The lowest BCUT2D eigenvalue weighted by Crippen LogP contribution is -2.50. The number of hydrogen-bond donors (Lipinski definition) is 3. The molecular weight excluding hydrogens is 525 g/mol. The third kappa shape index (κ3) is 10.1. The van der Waals surface area contributed by atoms with Crippen molar-refractivity contribution in [3.05, 3.63) is 12.7 Å². The summed E-state index contributed by atoms with van der Waals surface area (Å²) in [5.74, 6) is -0.848. The molecule has 4 N–H and O–H groups in total. The Bertz CT molecular complexity index is 1140. The Labute approximate surface area is 230 Å². The van der Waals surface area contributed by atoms with Crippen LogP contribution in [0.15, 0.2) is 12.7 Å². The molecule has 13 nitrogen and oxygen atoms in total. The molecule has 2 aromatic heterocycles. The summed E-state index contributed by atoms with van der Waals surface area (Å²) in [6.45, 7) is 12.7. The van der Waals surface area contributed by atoms with E-state index in [1.54, 1.807) is 52.4 Å². The summed E-state index contributed by atoms with van der Waals surface area (Å²) < 4.78 is 32.5. The van der Waals surface area contributed by atoms with Gasteiger partial charge in [0, 0.05) is 0 Å². The Kier molecular flexibility index (Phi) is 12.3. The summed E-state index contributed by atoms with van der Waals surface area (Å²) in [6, 6.07) is -0.928. The van der Waals surface area contributed by atoms with Gasteiger partial charge in [0.05, 0.1) is 31.7 Å². The third-order valence-corrected chi connectivity index (χ3v) is 7.97. The van der Waals surface area contributed by atoms with E-state index in [-0.39, 0.29) is 24.9 Å². The molecule has 2 aromatic rings. The van der Waals surface area contributed by atoms with Gasteiger partial charge >= 0.3 is 11.9 Å². The van der Waals surface area contributed by atoms with Crippen molar-refractivity contribution >= 4 is 36.4 Å². The van der Waals surface area contributed by atoms with Gasteiger partial charge in [-0.3, -0.25) is 14.2 Å². The Morgan fingerprint density at radius 3 is 2.51 bits per heavy atom. The second kappa shape index (κ2) is 14.7. The molecule has 2 rings (SSSR count). The topological polar surface area (TPSA) is 173 Å². The van der Waals surface area contributed by atoms with Gasteiger partial charge in [0.15, 0.2) is 11.5 Å². The normalized spacial score (nSPS) is 15.2. The number of ether oxygens (including phenoxy) is 3. The van der Waals surface area contributed by atoms with E-state index in [0.717, 1.165) is 25.7 Å². The zero-order valence-corrected chi connectivity index (χ0v) is 25.0. The summed E-state index contributed by atoms with van der Waals surface area (Å²) in [7, 11) is -3.69. The van der Waals surface area contributed by atoms with Gasteiger partial charge in [0.25, 0.3) is 0 Å². The number of nitrogens with zero attached hydrogens (tertiary/aromatic N) is 4. The number of nitrogens with one attached hydrogen (secondary N) is 2. The third-order valence-electron chi connectivity index (χ3n) is 5.73.